The van der Waals surface area contributed by atoms with Crippen molar-refractivity contribution in [2.75, 3.05) is 6.54 Å². The Hall–Kier alpha value is -0.870. The Morgan fingerprint density at radius 2 is 1.94 bits per heavy atom. The van der Waals surface area contributed by atoms with Gasteiger partial charge in [0.1, 0.15) is 0 Å². The van der Waals surface area contributed by atoms with Gasteiger partial charge in [-0.15, -0.1) is 0 Å². The van der Waals surface area contributed by atoms with E-state index in [1.165, 1.54) is 5.56 Å². The topological polar surface area (TPSA) is 55.1 Å². The second-order valence-electron chi connectivity index (χ2n) is 4.72. The normalized spacial score (nSPS) is 14.0. The van der Waals surface area contributed by atoms with E-state index in [2.05, 4.69) is 33.4 Å². The first-order valence-electron chi connectivity index (χ1n) is 6.27. The maximum Gasteiger partial charge on any atom is 0.223 e. The third kappa shape index (κ3) is 5.19. The van der Waals surface area contributed by atoms with Gasteiger partial charge in [0.15, 0.2) is 0 Å². The van der Waals surface area contributed by atoms with Crippen molar-refractivity contribution >= 4 is 21.8 Å². The van der Waals surface area contributed by atoms with Crippen LogP contribution in [-0.4, -0.2) is 18.5 Å². The summed E-state index contributed by atoms with van der Waals surface area (Å²) in [5.74, 6) is 0.0763. The van der Waals surface area contributed by atoms with Crippen LogP contribution in [0.25, 0.3) is 0 Å². The largest absolute Gasteiger partial charge is 0.353 e. The van der Waals surface area contributed by atoms with E-state index in [0.29, 0.717) is 6.54 Å². The molecule has 1 aromatic rings. The lowest BCUT2D eigenvalue weighted by atomic mass is 10.0. The van der Waals surface area contributed by atoms with Crippen molar-refractivity contribution in [2.24, 2.45) is 11.7 Å². The van der Waals surface area contributed by atoms with Gasteiger partial charge in [0.25, 0.3) is 0 Å². The van der Waals surface area contributed by atoms with Gasteiger partial charge in [-0.25, -0.2) is 0 Å². The molecule has 0 aliphatic rings. The van der Waals surface area contributed by atoms with Gasteiger partial charge in [0.2, 0.25) is 5.91 Å². The van der Waals surface area contributed by atoms with Crippen molar-refractivity contribution in [3.8, 4) is 0 Å². The van der Waals surface area contributed by atoms with E-state index in [1.54, 1.807) is 0 Å². The number of nitrogens with one attached hydrogen (secondary N) is 1. The van der Waals surface area contributed by atoms with E-state index in [1.807, 2.05) is 26.0 Å². The third-order valence-corrected chi connectivity index (χ3v) is 3.42. The van der Waals surface area contributed by atoms with Crippen LogP contribution in [-0.2, 0) is 11.2 Å². The maximum absolute atomic E-state index is 11.8. The summed E-state index contributed by atoms with van der Waals surface area (Å²) < 4.78 is 1.07. The number of carbonyl (C=O) groups is 1. The van der Waals surface area contributed by atoms with E-state index in [9.17, 15) is 4.79 Å². The second-order valence-corrected chi connectivity index (χ2v) is 5.63. The van der Waals surface area contributed by atoms with Crippen LogP contribution in [0.4, 0.5) is 0 Å². The third-order valence-electron chi connectivity index (χ3n) is 2.89. The fraction of sp³-hybridized carbons (Fsp3) is 0.500. The van der Waals surface area contributed by atoms with Crippen molar-refractivity contribution in [1.82, 2.24) is 5.32 Å². The molecule has 0 saturated heterocycles. The van der Waals surface area contributed by atoms with E-state index in [4.69, 9.17) is 5.73 Å². The molecule has 0 heterocycles. The quantitative estimate of drug-likeness (QED) is 0.848. The highest BCUT2D eigenvalue weighted by Gasteiger charge is 2.14. The summed E-state index contributed by atoms with van der Waals surface area (Å²) in [6.45, 7) is 4.49. The highest BCUT2D eigenvalue weighted by Crippen LogP contribution is 2.12. The van der Waals surface area contributed by atoms with Crippen molar-refractivity contribution in [3.63, 3.8) is 0 Å². The van der Waals surface area contributed by atoms with Crippen LogP contribution in [0.2, 0.25) is 0 Å². The fourth-order valence-electron chi connectivity index (χ4n) is 1.79. The van der Waals surface area contributed by atoms with Crippen LogP contribution in [0.5, 0.6) is 0 Å². The lowest BCUT2D eigenvalue weighted by Crippen LogP contribution is -2.38. The van der Waals surface area contributed by atoms with Crippen LogP contribution in [0.15, 0.2) is 28.7 Å². The molecular formula is C14H21BrN2O. The summed E-state index contributed by atoms with van der Waals surface area (Å²) in [6, 6.07) is 8.30. The number of rotatable bonds is 6. The predicted octanol–water partition coefficient (Wildman–Crippen LogP) is 2.48. The van der Waals surface area contributed by atoms with Crippen molar-refractivity contribution < 1.29 is 4.79 Å². The van der Waals surface area contributed by atoms with Crippen LogP contribution >= 0.6 is 15.9 Å². The minimum atomic E-state index is -0.0117. The molecule has 3 N–H and O–H groups in total. The lowest BCUT2D eigenvalue weighted by molar-refractivity contribution is -0.125. The Balaban J connectivity index is 2.43. The molecule has 0 radical (unpaired) electrons. The molecule has 18 heavy (non-hydrogen) atoms. The fourth-order valence-corrected chi connectivity index (χ4v) is 2.06. The Kier molecular flexibility index (Phi) is 6.36. The zero-order valence-electron chi connectivity index (χ0n) is 10.9. The van der Waals surface area contributed by atoms with E-state index >= 15 is 0 Å². The predicted molar refractivity (Wildman–Crippen MR) is 78.3 cm³/mol. The van der Waals surface area contributed by atoms with Crippen LogP contribution in [0.3, 0.4) is 0 Å². The van der Waals surface area contributed by atoms with Crippen LogP contribution in [0, 0.1) is 5.92 Å². The molecule has 1 rings (SSSR count). The average molecular weight is 313 g/mol. The number of halogens is 1. The molecular weight excluding hydrogens is 292 g/mol. The molecule has 100 valence electrons. The minimum Gasteiger partial charge on any atom is -0.353 e. The lowest BCUT2D eigenvalue weighted by Gasteiger charge is -2.17. The van der Waals surface area contributed by atoms with E-state index in [-0.39, 0.29) is 17.9 Å². The number of nitrogens with two attached hydrogens (primary N) is 1. The van der Waals surface area contributed by atoms with Gasteiger partial charge < -0.3 is 11.1 Å². The first-order valence-corrected chi connectivity index (χ1v) is 7.07. The molecule has 3 nitrogen and oxygen atoms in total. The first kappa shape index (κ1) is 15.2. The molecule has 0 aliphatic heterocycles. The van der Waals surface area contributed by atoms with E-state index < -0.39 is 0 Å². The highest BCUT2D eigenvalue weighted by molar-refractivity contribution is 9.10. The van der Waals surface area contributed by atoms with Crippen molar-refractivity contribution in [3.05, 3.63) is 34.3 Å². The summed E-state index contributed by atoms with van der Waals surface area (Å²) in [5, 5.41) is 3.02. The van der Waals surface area contributed by atoms with Gasteiger partial charge in [-0.2, -0.15) is 0 Å². The summed E-state index contributed by atoms with van der Waals surface area (Å²) in [6.07, 6.45) is 1.57. The zero-order valence-corrected chi connectivity index (χ0v) is 12.5. The second kappa shape index (κ2) is 7.54. The molecule has 1 aromatic carbocycles. The molecule has 0 aromatic heterocycles. The zero-order chi connectivity index (χ0) is 13.5. The molecule has 0 bridgehead atoms. The van der Waals surface area contributed by atoms with Crippen LogP contribution in [0.1, 0.15) is 25.8 Å². The van der Waals surface area contributed by atoms with Gasteiger partial charge in [0.05, 0.1) is 0 Å². The summed E-state index contributed by atoms with van der Waals surface area (Å²) in [5.41, 5.74) is 6.67. The van der Waals surface area contributed by atoms with Crippen LogP contribution < -0.4 is 11.1 Å². The smallest absolute Gasteiger partial charge is 0.223 e. The first-order chi connectivity index (χ1) is 8.52. The number of amides is 1. The van der Waals surface area contributed by atoms with Crippen molar-refractivity contribution in [2.45, 2.75) is 32.7 Å². The molecule has 0 aliphatic carbocycles. The molecule has 0 spiro atoms. The number of hydrogen-bond acceptors (Lipinski definition) is 2. The Bertz CT molecular complexity index is 378. The van der Waals surface area contributed by atoms with Gasteiger partial charge in [-0.1, -0.05) is 35.0 Å². The number of hydrogen-bond donors (Lipinski definition) is 2. The van der Waals surface area contributed by atoms with Gasteiger partial charge in [0, 0.05) is 16.4 Å². The minimum absolute atomic E-state index is 0.0117. The SMILES string of the molecule is CC(Cc1ccc(Br)cc1)NC(=O)C(C)CCN. The molecule has 0 fully saturated rings. The van der Waals surface area contributed by atoms with E-state index in [0.717, 1.165) is 17.3 Å². The Morgan fingerprint density at radius 1 is 1.33 bits per heavy atom. The maximum atomic E-state index is 11.8. The summed E-state index contributed by atoms with van der Waals surface area (Å²) >= 11 is 3.41. The number of benzene rings is 1. The molecule has 4 heteroatoms. The van der Waals surface area contributed by atoms with Gasteiger partial charge >= 0.3 is 0 Å². The van der Waals surface area contributed by atoms with Gasteiger partial charge in [-0.05, 0) is 44.0 Å². The summed E-state index contributed by atoms with van der Waals surface area (Å²) in [7, 11) is 0. The van der Waals surface area contributed by atoms with Crippen molar-refractivity contribution in [1.29, 1.82) is 0 Å². The Morgan fingerprint density at radius 3 is 2.50 bits per heavy atom. The molecule has 2 atom stereocenters. The Labute approximate surface area is 117 Å². The van der Waals surface area contributed by atoms with Gasteiger partial charge in [-0.3, -0.25) is 4.79 Å². The standard InChI is InChI=1S/C14H21BrN2O/c1-10(7-8-16)14(18)17-11(2)9-12-3-5-13(15)6-4-12/h3-6,10-11H,7-9,16H2,1-2H3,(H,17,18). The molecule has 1 amide bonds. The molecule has 0 saturated carbocycles. The monoisotopic (exact) mass is 312 g/mol. The average Bonchev–Trinajstić information content (AvgIpc) is 2.32. The highest BCUT2D eigenvalue weighted by atomic mass is 79.9. The summed E-state index contributed by atoms with van der Waals surface area (Å²) in [4.78, 5) is 11.8. The number of carbonyl (C=O) groups excluding carboxylic acids is 1. The molecule has 2 unspecified atom stereocenters.